The van der Waals surface area contributed by atoms with Gasteiger partial charge in [0.2, 0.25) is 0 Å². The minimum Gasteiger partial charge on any atom is -0.251 e. The predicted octanol–water partition coefficient (Wildman–Crippen LogP) is 3.91. The van der Waals surface area contributed by atoms with E-state index in [9.17, 15) is 0 Å². The van der Waals surface area contributed by atoms with Crippen LogP contribution in [0.3, 0.4) is 0 Å². The third-order valence-electron chi connectivity index (χ3n) is 3.36. The van der Waals surface area contributed by atoms with E-state index in [4.69, 9.17) is 9.97 Å². The van der Waals surface area contributed by atoms with Crippen molar-refractivity contribution in [2.75, 3.05) is 0 Å². The van der Waals surface area contributed by atoms with Gasteiger partial charge < -0.3 is 0 Å². The summed E-state index contributed by atoms with van der Waals surface area (Å²) in [5.74, 6) is 0. The number of hydrogen-bond acceptors (Lipinski definition) is 2. The molecule has 0 aliphatic heterocycles. The van der Waals surface area contributed by atoms with Gasteiger partial charge in [-0.05, 0) is 25.0 Å². The van der Waals surface area contributed by atoms with E-state index in [-0.39, 0.29) is 0 Å². The Kier molecular flexibility index (Phi) is 2.71. The molecule has 0 spiro atoms. The molecule has 0 aliphatic carbocycles. The fourth-order valence-electron chi connectivity index (χ4n) is 2.24. The first-order chi connectivity index (χ1) is 8.81. The number of aryl methyl sites for hydroxylation is 2. The lowest BCUT2D eigenvalue weighted by atomic mass is 10.1. The van der Waals surface area contributed by atoms with Crippen molar-refractivity contribution in [2.45, 2.75) is 26.7 Å². The average Bonchev–Trinajstić information content (AvgIpc) is 2.45. The lowest BCUT2D eigenvalue weighted by Crippen LogP contribution is -1.92. The van der Waals surface area contributed by atoms with Crippen LogP contribution >= 0.6 is 0 Å². The van der Waals surface area contributed by atoms with Crippen molar-refractivity contribution in [3.8, 4) is 0 Å². The van der Waals surface area contributed by atoms with Crippen molar-refractivity contribution in [1.82, 2.24) is 9.97 Å². The number of rotatable bonds is 2. The third-order valence-corrected chi connectivity index (χ3v) is 3.36. The molecule has 0 N–H and O–H groups in total. The maximum Gasteiger partial charge on any atom is 0.0967 e. The number of pyridine rings is 2. The summed E-state index contributed by atoms with van der Waals surface area (Å²) in [6.07, 6.45) is 1.92. The second kappa shape index (κ2) is 4.37. The van der Waals surface area contributed by atoms with Crippen LogP contribution in [0.1, 0.15) is 25.2 Å². The maximum atomic E-state index is 4.73. The summed E-state index contributed by atoms with van der Waals surface area (Å²) in [6, 6.07) is 12.7. The molecule has 0 aliphatic rings. The van der Waals surface area contributed by atoms with Crippen LogP contribution < -0.4 is 0 Å². The number of nitrogens with zero attached hydrogens (tertiary/aromatic N) is 2. The van der Waals surface area contributed by atoms with Gasteiger partial charge in [-0.3, -0.25) is 9.97 Å². The van der Waals surface area contributed by atoms with E-state index in [1.165, 1.54) is 10.8 Å². The summed E-state index contributed by atoms with van der Waals surface area (Å²) >= 11 is 0. The molecule has 0 unspecified atom stereocenters. The van der Waals surface area contributed by atoms with Crippen molar-refractivity contribution in [3.05, 3.63) is 47.8 Å². The van der Waals surface area contributed by atoms with Crippen LogP contribution in [0.5, 0.6) is 0 Å². The molecule has 2 heteroatoms. The Morgan fingerprint density at radius 1 is 0.667 bits per heavy atom. The Morgan fingerprint density at radius 2 is 1.06 bits per heavy atom. The molecule has 0 radical (unpaired) electrons. The van der Waals surface area contributed by atoms with Crippen LogP contribution in [0.2, 0.25) is 0 Å². The third kappa shape index (κ3) is 1.74. The highest BCUT2D eigenvalue weighted by Crippen LogP contribution is 2.23. The molecule has 2 heterocycles. The van der Waals surface area contributed by atoms with E-state index in [0.29, 0.717) is 0 Å². The second-order valence-corrected chi connectivity index (χ2v) is 4.52. The summed E-state index contributed by atoms with van der Waals surface area (Å²) in [6.45, 7) is 4.26. The van der Waals surface area contributed by atoms with Gasteiger partial charge in [0.25, 0.3) is 0 Å². The van der Waals surface area contributed by atoms with Gasteiger partial charge in [0, 0.05) is 22.2 Å². The van der Waals surface area contributed by atoms with Crippen LogP contribution in [0.15, 0.2) is 36.4 Å². The zero-order valence-electron chi connectivity index (χ0n) is 10.8. The van der Waals surface area contributed by atoms with Gasteiger partial charge in [-0.15, -0.1) is 0 Å². The van der Waals surface area contributed by atoms with E-state index in [1.807, 2.05) is 0 Å². The van der Waals surface area contributed by atoms with Crippen molar-refractivity contribution in [2.24, 2.45) is 0 Å². The lowest BCUT2D eigenvalue weighted by molar-refractivity contribution is 1.05. The number of benzene rings is 1. The molecular weight excluding hydrogens is 220 g/mol. The van der Waals surface area contributed by atoms with E-state index >= 15 is 0 Å². The van der Waals surface area contributed by atoms with Gasteiger partial charge in [0.05, 0.1) is 11.0 Å². The zero-order chi connectivity index (χ0) is 12.5. The summed E-state index contributed by atoms with van der Waals surface area (Å²) in [7, 11) is 0. The molecule has 0 saturated heterocycles. The minimum absolute atomic E-state index is 0.958. The molecule has 0 atom stereocenters. The average molecular weight is 236 g/mol. The first-order valence-electron chi connectivity index (χ1n) is 6.50. The maximum absolute atomic E-state index is 4.73. The van der Waals surface area contributed by atoms with Crippen LogP contribution in [0, 0.1) is 0 Å². The first-order valence-corrected chi connectivity index (χ1v) is 6.50. The Balaban J connectivity index is 2.40. The number of fused-ring (bicyclic) bond motifs is 3. The van der Waals surface area contributed by atoms with Gasteiger partial charge in [0.15, 0.2) is 0 Å². The summed E-state index contributed by atoms with van der Waals surface area (Å²) < 4.78 is 0. The Hall–Kier alpha value is -1.96. The van der Waals surface area contributed by atoms with E-state index in [2.05, 4.69) is 50.2 Å². The van der Waals surface area contributed by atoms with Crippen molar-refractivity contribution in [3.63, 3.8) is 0 Å². The normalized spacial score (nSPS) is 11.2. The molecular formula is C16H16N2. The molecule has 2 nitrogen and oxygen atoms in total. The Bertz CT molecular complexity index is 654. The van der Waals surface area contributed by atoms with Crippen LogP contribution in [-0.2, 0) is 12.8 Å². The molecule has 2 aromatic heterocycles. The van der Waals surface area contributed by atoms with Gasteiger partial charge in [-0.1, -0.05) is 38.1 Å². The molecule has 0 fully saturated rings. The summed E-state index contributed by atoms with van der Waals surface area (Å²) in [5.41, 5.74) is 4.31. The number of aromatic nitrogens is 2. The van der Waals surface area contributed by atoms with Crippen LogP contribution in [0.4, 0.5) is 0 Å². The van der Waals surface area contributed by atoms with Crippen LogP contribution in [-0.4, -0.2) is 9.97 Å². The van der Waals surface area contributed by atoms with Gasteiger partial charge >= 0.3 is 0 Å². The largest absolute Gasteiger partial charge is 0.251 e. The van der Waals surface area contributed by atoms with Crippen molar-refractivity contribution < 1.29 is 0 Å². The highest BCUT2D eigenvalue weighted by Gasteiger charge is 2.05. The van der Waals surface area contributed by atoms with E-state index < -0.39 is 0 Å². The fraction of sp³-hybridized carbons (Fsp3) is 0.250. The second-order valence-electron chi connectivity index (χ2n) is 4.52. The Labute approximate surface area is 107 Å². The molecule has 3 aromatic rings. The standard InChI is InChI=1S/C16H16N2/c1-3-13-9-7-11-5-6-12-8-10-14(4-2)18-16(12)15(11)17-13/h5-10H,3-4H2,1-2H3. The summed E-state index contributed by atoms with van der Waals surface area (Å²) in [4.78, 5) is 9.47. The highest BCUT2D eigenvalue weighted by molar-refractivity contribution is 6.02. The van der Waals surface area contributed by atoms with E-state index in [1.54, 1.807) is 0 Å². The molecule has 0 amide bonds. The van der Waals surface area contributed by atoms with Gasteiger partial charge in [-0.2, -0.15) is 0 Å². The molecule has 0 bridgehead atoms. The van der Waals surface area contributed by atoms with Crippen molar-refractivity contribution in [1.29, 1.82) is 0 Å². The topological polar surface area (TPSA) is 25.8 Å². The molecule has 3 rings (SSSR count). The fourth-order valence-corrected chi connectivity index (χ4v) is 2.24. The molecule has 1 aromatic carbocycles. The first kappa shape index (κ1) is 11.1. The van der Waals surface area contributed by atoms with E-state index in [0.717, 1.165) is 35.3 Å². The van der Waals surface area contributed by atoms with Gasteiger partial charge in [0.1, 0.15) is 0 Å². The zero-order valence-corrected chi connectivity index (χ0v) is 10.8. The SMILES string of the molecule is CCc1ccc2ccc3ccc(CC)nc3c2n1. The quantitative estimate of drug-likeness (QED) is 0.630. The highest BCUT2D eigenvalue weighted by atomic mass is 14.8. The monoisotopic (exact) mass is 236 g/mol. The Morgan fingerprint density at radius 3 is 1.44 bits per heavy atom. The summed E-state index contributed by atoms with van der Waals surface area (Å²) in [5, 5.41) is 2.33. The molecule has 0 saturated carbocycles. The smallest absolute Gasteiger partial charge is 0.0967 e. The minimum atomic E-state index is 0.958. The molecule has 18 heavy (non-hydrogen) atoms. The molecule has 90 valence electrons. The van der Waals surface area contributed by atoms with Gasteiger partial charge in [-0.25, -0.2) is 0 Å². The number of hydrogen-bond donors (Lipinski definition) is 0. The van der Waals surface area contributed by atoms with Crippen LogP contribution in [0.25, 0.3) is 21.8 Å². The predicted molar refractivity (Wildman–Crippen MR) is 75.8 cm³/mol. The lowest BCUT2D eigenvalue weighted by Gasteiger charge is -2.06. The van der Waals surface area contributed by atoms with Crippen molar-refractivity contribution >= 4 is 21.8 Å².